The lowest BCUT2D eigenvalue weighted by Gasteiger charge is -2.07. The topological polar surface area (TPSA) is 68.3 Å². The van der Waals surface area contributed by atoms with Gasteiger partial charge >= 0.3 is 5.97 Å². The van der Waals surface area contributed by atoms with E-state index in [0.29, 0.717) is 15.9 Å². The molecule has 0 bridgehead atoms. The largest absolute Gasteiger partial charge is 0.462 e. The summed E-state index contributed by atoms with van der Waals surface area (Å²) in [6, 6.07) is 3.45. The standard InChI is InChI=1S/C12H10Cl2N2O3S/c1-2-19-12(18)8-7(16-10(17)9(13)14)6-4-3-5-15-11(6)20-8/h3-5,9H,2H2,1H3,(H,16,17). The van der Waals surface area contributed by atoms with Crippen molar-refractivity contribution in [3.05, 3.63) is 23.2 Å². The monoisotopic (exact) mass is 332 g/mol. The Balaban J connectivity index is 2.50. The molecule has 2 aromatic heterocycles. The van der Waals surface area contributed by atoms with Crippen molar-refractivity contribution in [3.8, 4) is 0 Å². The number of carbonyl (C=O) groups excluding carboxylic acids is 2. The average molecular weight is 333 g/mol. The van der Waals surface area contributed by atoms with Gasteiger partial charge in [0.1, 0.15) is 9.71 Å². The molecule has 2 aromatic rings. The van der Waals surface area contributed by atoms with E-state index in [1.165, 1.54) is 0 Å². The minimum atomic E-state index is -1.23. The Kier molecular flexibility index (Phi) is 4.80. The van der Waals surface area contributed by atoms with Crippen LogP contribution in [0.4, 0.5) is 5.69 Å². The molecule has 0 saturated heterocycles. The number of amides is 1. The van der Waals surface area contributed by atoms with E-state index in [4.69, 9.17) is 27.9 Å². The first kappa shape index (κ1) is 15.0. The summed E-state index contributed by atoms with van der Waals surface area (Å²) in [5.41, 5.74) is 0.327. The van der Waals surface area contributed by atoms with Crippen LogP contribution in [0.1, 0.15) is 16.6 Å². The molecule has 0 radical (unpaired) electrons. The van der Waals surface area contributed by atoms with Gasteiger partial charge in [0.15, 0.2) is 4.84 Å². The fourth-order valence-electron chi connectivity index (χ4n) is 1.57. The van der Waals surface area contributed by atoms with Crippen LogP contribution in [-0.2, 0) is 9.53 Å². The van der Waals surface area contributed by atoms with Crippen LogP contribution in [0.2, 0.25) is 0 Å². The summed E-state index contributed by atoms with van der Waals surface area (Å²) in [6.45, 7) is 1.94. The summed E-state index contributed by atoms with van der Waals surface area (Å²) >= 11 is 12.2. The van der Waals surface area contributed by atoms with Gasteiger partial charge in [-0.25, -0.2) is 9.78 Å². The second-order valence-electron chi connectivity index (χ2n) is 3.67. The second-order valence-corrected chi connectivity index (χ2v) is 5.77. The Morgan fingerprint density at radius 1 is 1.50 bits per heavy atom. The molecule has 20 heavy (non-hydrogen) atoms. The number of rotatable bonds is 4. The molecular weight excluding hydrogens is 323 g/mol. The maximum Gasteiger partial charge on any atom is 0.350 e. The van der Waals surface area contributed by atoms with Gasteiger partial charge < -0.3 is 10.1 Å². The third-order valence-electron chi connectivity index (χ3n) is 2.37. The fraction of sp³-hybridized carbons (Fsp3) is 0.250. The number of hydrogen-bond acceptors (Lipinski definition) is 5. The molecule has 2 rings (SSSR count). The first-order valence-electron chi connectivity index (χ1n) is 5.68. The lowest BCUT2D eigenvalue weighted by atomic mass is 10.2. The number of ether oxygens (including phenoxy) is 1. The molecule has 0 aliphatic carbocycles. The van der Waals surface area contributed by atoms with E-state index in [1.54, 1.807) is 25.3 Å². The molecule has 0 saturated carbocycles. The van der Waals surface area contributed by atoms with E-state index in [9.17, 15) is 9.59 Å². The molecule has 0 aliphatic rings. The lowest BCUT2D eigenvalue weighted by Crippen LogP contribution is -2.20. The number of hydrogen-bond donors (Lipinski definition) is 1. The first-order valence-corrected chi connectivity index (χ1v) is 7.37. The normalized spacial score (nSPS) is 10.8. The van der Waals surface area contributed by atoms with Crippen LogP contribution in [-0.4, -0.2) is 28.3 Å². The molecule has 0 atom stereocenters. The molecule has 0 aromatic carbocycles. The van der Waals surface area contributed by atoms with Crippen molar-refractivity contribution < 1.29 is 14.3 Å². The predicted molar refractivity (Wildman–Crippen MR) is 79.7 cm³/mol. The molecule has 5 nitrogen and oxygen atoms in total. The van der Waals surface area contributed by atoms with E-state index in [-0.39, 0.29) is 11.5 Å². The zero-order valence-corrected chi connectivity index (χ0v) is 12.7. The number of fused-ring (bicyclic) bond motifs is 1. The van der Waals surface area contributed by atoms with Gasteiger partial charge in [-0.1, -0.05) is 23.2 Å². The molecule has 0 aliphatic heterocycles. The van der Waals surface area contributed by atoms with Gasteiger partial charge in [0, 0.05) is 11.6 Å². The van der Waals surface area contributed by atoms with Crippen LogP contribution in [0.5, 0.6) is 0 Å². The van der Waals surface area contributed by atoms with Crippen LogP contribution in [0, 0.1) is 0 Å². The maximum atomic E-state index is 11.9. The summed E-state index contributed by atoms with van der Waals surface area (Å²) in [6.07, 6.45) is 1.60. The summed E-state index contributed by atoms with van der Waals surface area (Å²) in [5, 5.41) is 3.18. The third-order valence-corrected chi connectivity index (χ3v) is 3.86. The predicted octanol–water partition coefficient (Wildman–Crippen LogP) is 3.22. The molecule has 0 spiro atoms. The number of nitrogens with one attached hydrogen (secondary N) is 1. The van der Waals surface area contributed by atoms with Crippen LogP contribution >= 0.6 is 34.5 Å². The molecule has 8 heteroatoms. The number of alkyl halides is 2. The average Bonchev–Trinajstić information content (AvgIpc) is 2.78. The van der Waals surface area contributed by atoms with Gasteiger partial charge in [-0.15, -0.1) is 11.3 Å². The van der Waals surface area contributed by atoms with Gasteiger partial charge in [0.05, 0.1) is 12.3 Å². The van der Waals surface area contributed by atoms with Crippen molar-refractivity contribution in [1.82, 2.24) is 4.98 Å². The van der Waals surface area contributed by atoms with Crippen molar-refractivity contribution >= 4 is 62.3 Å². The highest BCUT2D eigenvalue weighted by atomic mass is 35.5. The smallest absolute Gasteiger partial charge is 0.350 e. The van der Waals surface area contributed by atoms with E-state index in [0.717, 1.165) is 11.3 Å². The Hall–Kier alpha value is -1.37. The summed E-state index contributed by atoms with van der Waals surface area (Å²) in [4.78, 5) is 27.4. The lowest BCUT2D eigenvalue weighted by molar-refractivity contribution is -0.114. The highest BCUT2D eigenvalue weighted by Gasteiger charge is 2.23. The van der Waals surface area contributed by atoms with Crippen molar-refractivity contribution in [2.24, 2.45) is 0 Å². The number of esters is 1. The molecule has 1 amide bonds. The molecule has 2 heterocycles. The number of carbonyl (C=O) groups is 2. The molecule has 0 fully saturated rings. The molecule has 106 valence electrons. The first-order chi connectivity index (χ1) is 9.54. The second kappa shape index (κ2) is 6.39. The number of anilines is 1. The van der Waals surface area contributed by atoms with Crippen molar-refractivity contribution in [2.75, 3.05) is 11.9 Å². The van der Waals surface area contributed by atoms with Crippen LogP contribution < -0.4 is 5.32 Å². The van der Waals surface area contributed by atoms with E-state index >= 15 is 0 Å². The van der Waals surface area contributed by atoms with Gasteiger partial charge in [-0.05, 0) is 19.1 Å². The van der Waals surface area contributed by atoms with E-state index in [2.05, 4.69) is 10.3 Å². The van der Waals surface area contributed by atoms with E-state index < -0.39 is 16.7 Å². The Bertz CT molecular complexity index is 657. The van der Waals surface area contributed by atoms with Gasteiger partial charge in [0.2, 0.25) is 0 Å². The van der Waals surface area contributed by atoms with Gasteiger partial charge in [0.25, 0.3) is 5.91 Å². The van der Waals surface area contributed by atoms with Gasteiger partial charge in [-0.3, -0.25) is 4.79 Å². The quantitative estimate of drug-likeness (QED) is 0.689. The van der Waals surface area contributed by atoms with E-state index in [1.807, 2.05) is 0 Å². The number of thiophene rings is 1. The SMILES string of the molecule is CCOC(=O)c1sc2ncccc2c1NC(=O)C(Cl)Cl. The Morgan fingerprint density at radius 3 is 2.90 bits per heavy atom. The highest BCUT2D eigenvalue weighted by Crippen LogP contribution is 2.35. The Morgan fingerprint density at radius 2 is 2.25 bits per heavy atom. The third kappa shape index (κ3) is 3.03. The van der Waals surface area contributed by atoms with Crippen LogP contribution in [0.3, 0.4) is 0 Å². The number of nitrogens with zero attached hydrogens (tertiary/aromatic N) is 1. The van der Waals surface area contributed by atoms with Crippen LogP contribution in [0.15, 0.2) is 18.3 Å². The molecule has 0 unspecified atom stereocenters. The number of halogens is 2. The van der Waals surface area contributed by atoms with Crippen molar-refractivity contribution in [1.29, 1.82) is 0 Å². The summed E-state index contributed by atoms with van der Waals surface area (Å²) in [5.74, 6) is -1.13. The van der Waals surface area contributed by atoms with Gasteiger partial charge in [-0.2, -0.15) is 0 Å². The number of aromatic nitrogens is 1. The zero-order valence-electron chi connectivity index (χ0n) is 10.4. The minimum absolute atomic E-state index is 0.238. The molecular formula is C12H10Cl2N2O3S. The Labute approximate surface area is 128 Å². The highest BCUT2D eigenvalue weighted by molar-refractivity contribution is 7.21. The fourth-order valence-corrected chi connectivity index (χ4v) is 2.68. The summed E-state index contributed by atoms with van der Waals surface area (Å²) in [7, 11) is 0. The maximum absolute atomic E-state index is 11.9. The number of pyridine rings is 1. The van der Waals surface area contributed by atoms with Crippen LogP contribution in [0.25, 0.3) is 10.2 Å². The zero-order chi connectivity index (χ0) is 14.7. The van der Waals surface area contributed by atoms with Crippen molar-refractivity contribution in [2.45, 2.75) is 11.8 Å². The minimum Gasteiger partial charge on any atom is -0.462 e. The summed E-state index contributed by atoms with van der Waals surface area (Å²) < 4.78 is 4.97. The molecule has 1 N–H and O–H groups in total. The van der Waals surface area contributed by atoms with Crippen molar-refractivity contribution in [3.63, 3.8) is 0 Å².